The van der Waals surface area contributed by atoms with Crippen LogP contribution >= 0.6 is 11.3 Å². The molecular weight excluding hydrogens is 458 g/mol. The summed E-state index contributed by atoms with van der Waals surface area (Å²) in [7, 11) is 0. The predicted octanol–water partition coefficient (Wildman–Crippen LogP) is 4.97. The zero-order valence-electron chi connectivity index (χ0n) is 18.6. The average molecular weight is 481 g/mol. The van der Waals surface area contributed by atoms with Crippen molar-refractivity contribution in [3.63, 3.8) is 0 Å². The molecule has 0 unspecified atom stereocenters. The maximum atomic E-state index is 14.7. The first-order valence-corrected chi connectivity index (χ1v) is 12.0. The smallest absolute Gasteiger partial charge is 0.284 e. The van der Waals surface area contributed by atoms with E-state index in [2.05, 4.69) is 34.1 Å². The van der Waals surface area contributed by atoms with Crippen molar-refractivity contribution < 1.29 is 13.6 Å². The van der Waals surface area contributed by atoms with E-state index in [0.717, 1.165) is 23.8 Å². The highest BCUT2D eigenvalue weighted by molar-refractivity contribution is 7.13. The van der Waals surface area contributed by atoms with Gasteiger partial charge in [0.05, 0.1) is 11.7 Å². The molecule has 0 spiro atoms. The Morgan fingerprint density at radius 2 is 2.12 bits per heavy atom. The Kier molecular flexibility index (Phi) is 4.70. The first kappa shape index (κ1) is 21.2. The van der Waals surface area contributed by atoms with E-state index in [1.54, 1.807) is 23.1 Å². The van der Waals surface area contributed by atoms with Crippen LogP contribution < -0.4 is 10.2 Å². The third-order valence-corrected chi connectivity index (χ3v) is 8.11. The summed E-state index contributed by atoms with van der Waals surface area (Å²) in [4.78, 5) is 24.9. The number of anilines is 2. The number of piperidine rings is 1. The minimum atomic E-state index is -0.588. The van der Waals surface area contributed by atoms with Gasteiger partial charge in [0.25, 0.3) is 5.91 Å². The molecule has 4 heterocycles. The van der Waals surface area contributed by atoms with Gasteiger partial charge in [-0.1, -0.05) is 13.8 Å². The molecule has 1 aliphatic carbocycles. The van der Waals surface area contributed by atoms with E-state index in [4.69, 9.17) is 4.98 Å². The first-order chi connectivity index (χ1) is 16.4. The van der Waals surface area contributed by atoms with E-state index in [1.165, 1.54) is 23.5 Å². The van der Waals surface area contributed by atoms with Gasteiger partial charge in [-0.3, -0.25) is 4.79 Å². The van der Waals surface area contributed by atoms with E-state index >= 15 is 0 Å². The normalized spacial score (nSPS) is 21.3. The number of benzene rings is 1. The molecule has 1 saturated heterocycles. The van der Waals surface area contributed by atoms with Crippen molar-refractivity contribution in [1.82, 2.24) is 19.6 Å². The van der Waals surface area contributed by atoms with E-state index < -0.39 is 17.2 Å². The summed E-state index contributed by atoms with van der Waals surface area (Å²) in [6.45, 7) is 4.80. The van der Waals surface area contributed by atoms with Gasteiger partial charge in [0, 0.05) is 29.4 Å². The highest BCUT2D eigenvalue weighted by Gasteiger charge is 2.64. The average Bonchev–Trinajstić information content (AvgIpc) is 3.19. The molecule has 174 valence electrons. The lowest BCUT2D eigenvalue weighted by Crippen LogP contribution is -2.34. The van der Waals surface area contributed by atoms with Crippen LogP contribution in [0.5, 0.6) is 0 Å². The molecule has 1 aromatic carbocycles. The predicted molar refractivity (Wildman–Crippen MR) is 125 cm³/mol. The Balaban J connectivity index is 1.33. The van der Waals surface area contributed by atoms with E-state index in [0.29, 0.717) is 40.2 Å². The molecule has 1 aliphatic heterocycles. The number of amides is 1. The molecule has 6 rings (SSSR count). The monoisotopic (exact) mass is 480 g/mol. The second-order valence-electron chi connectivity index (χ2n) is 9.18. The third-order valence-electron chi connectivity index (χ3n) is 6.82. The number of rotatable bonds is 5. The number of nitrogens with zero attached hydrogens (tertiary/aromatic N) is 5. The van der Waals surface area contributed by atoms with Crippen molar-refractivity contribution in [2.75, 3.05) is 16.8 Å². The molecule has 7 nitrogen and oxygen atoms in total. The number of carbonyl (C=O) groups is 1. The molecule has 3 aromatic heterocycles. The lowest BCUT2D eigenvalue weighted by molar-refractivity contribution is 0.102. The van der Waals surface area contributed by atoms with Crippen LogP contribution in [0.4, 0.5) is 20.3 Å². The number of nitrogens with one attached hydrogen (secondary N) is 1. The van der Waals surface area contributed by atoms with Gasteiger partial charge in [-0.2, -0.15) is 5.10 Å². The largest absolute Gasteiger partial charge is 0.346 e. The summed E-state index contributed by atoms with van der Waals surface area (Å²) in [6.07, 6.45) is 6.67. The van der Waals surface area contributed by atoms with Gasteiger partial charge < -0.3 is 10.2 Å². The van der Waals surface area contributed by atoms with Gasteiger partial charge in [-0.05, 0) is 48.9 Å². The van der Waals surface area contributed by atoms with Gasteiger partial charge in [0.15, 0.2) is 10.7 Å². The highest BCUT2D eigenvalue weighted by Crippen LogP contribution is 2.63. The van der Waals surface area contributed by atoms with Crippen LogP contribution in [0.2, 0.25) is 0 Å². The summed E-state index contributed by atoms with van der Waals surface area (Å²) in [5.74, 6) is 0.0195. The molecule has 2 atom stereocenters. The van der Waals surface area contributed by atoms with E-state index in [1.807, 2.05) is 6.07 Å². The molecule has 34 heavy (non-hydrogen) atoms. The van der Waals surface area contributed by atoms with Gasteiger partial charge in [-0.25, -0.2) is 23.3 Å². The third kappa shape index (κ3) is 3.19. The van der Waals surface area contributed by atoms with E-state index in [-0.39, 0.29) is 11.8 Å². The molecule has 4 aromatic rings. The Hall–Kier alpha value is -3.40. The van der Waals surface area contributed by atoms with Crippen LogP contribution in [0.3, 0.4) is 0 Å². The number of thiazole rings is 1. The van der Waals surface area contributed by atoms with Crippen LogP contribution in [-0.2, 0) is 5.54 Å². The van der Waals surface area contributed by atoms with Crippen molar-refractivity contribution >= 4 is 34.4 Å². The number of carbonyl (C=O) groups excluding carboxylic acids is 1. The Labute approximate surface area is 198 Å². The fraction of sp³-hybridized carbons (Fsp3) is 0.333. The van der Waals surface area contributed by atoms with Gasteiger partial charge in [-0.15, -0.1) is 11.3 Å². The van der Waals surface area contributed by atoms with Crippen LogP contribution in [-0.4, -0.2) is 32.0 Å². The highest BCUT2D eigenvalue weighted by atomic mass is 32.1. The van der Waals surface area contributed by atoms with Crippen molar-refractivity contribution in [3.05, 3.63) is 69.9 Å². The lowest BCUT2D eigenvalue weighted by Gasteiger charge is -2.30. The minimum Gasteiger partial charge on any atom is -0.346 e. The van der Waals surface area contributed by atoms with Crippen molar-refractivity contribution in [1.29, 1.82) is 0 Å². The SMILES string of the molecule is CC(C)c1cnc(C(=O)Nc2cnn3ccc(N4CC[C@H]5C[C@]54c4cc(F)ccc4F)nc23)s1. The summed E-state index contributed by atoms with van der Waals surface area (Å²) in [5.41, 5.74) is 0.731. The second-order valence-corrected chi connectivity index (χ2v) is 10.2. The summed E-state index contributed by atoms with van der Waals surface area (Å²) in [5, 5.41) is 7.53. The Bertz CT molecular complexity index is 1430. The molecule has 0 radical (unpaired) electrons. The Morgan fingerprint density at radius 3 is 2.88 bits per heavy atom. The number of fused-ring (bicyclic) bond motifs is 2. The number of hydrogen-bond acceptors (Lipinski definition) is 6. The standard InChI is InChI=1S/C24H22F2N6OS/c1-13(2)19-12-27-23(34-19)22(33)29-18-11-28-32-8-6-20(30-21(18)32)31-7-5-14-10-24(14,31)16-9-15(25)3-4-17(16)26/h3-4,6,8-9,11-14H,5,7,10H2,1-2H3,(H,29,33)/t14-,24+/m0/s1. The van der Waals surface area contributed by atoms with Crippen LogP contribution in [0.15, 0.2) is 42.9 Å². The zero-order chi connectivity index (χ0) is 23.6. The number of hydrogen-bond donors (Lipinski definition) is 1. The summed E-state index contributed by atoms with van der Waals surface area (Å²) < 4.78 is 30.3. The molecule has 1 saturated carbocycles. The molecule has 2 fully saturated rings. The molecular formula is C24H22F2N6OS. The van der Waals surface area contributed by atoms with Gasteiger partial charge in [0.2, 0.25) is 0 Å². The molecule has 0 bridgehead atoms. The van der Waals surface area contributed by atoms with Crippen molar-refractivity contribution in [2.45, 2.75) is 38.1 Å². The Morgan fingerprint density at radius 1 is 1.26 bits per heavy atom. The van der Waals surface area contributed by atoms with Crippen molar-refractivity contribution in [3.8, 4) is 0 Å². The summed E-state index contributed by atoms with van der Waals surface area (Å²) >= 11 is 1.36. The van der Waals surface area contributed by atoms with E-state index in [9.17, 15) is 13.6 Å². The summed E-state index contributed by atoms with van der Waals surface area (Å²) in [6, 6.07) is 5.46. The minimum absolute atomic E-state index is 0.256. The number of aromatic nitrogens is 4. The quantitative estimate of drug-likeness (QED) is 0.437. The zero-order valence-corrected chi connectivity index (χ0v) is 19.4. The molecule has 2 aliphatic rings. The van der Waals surface area contributed by atoms with Gasteiger partial charge in [0.1, 0.15) is 23.1 Å². The second kappa shape index (κ2) is 7.56. The van der Waals surface area contributed by atoms with Crippen LogP contribution in [0, 0.1) is 17.6 Å². The fourth-order valence-corrected chi connectivity index (χ4v) is 5.84. The lowest BCUT2D eigenvalue weighted by atomic mass is 10.0. The molecule has 1 amide bonds. The first-order valence-electron chi connectivity index (χ1n) is 11.2. The molecule has 1 N–H and O–H groups in total. The topological polar surface area (TPSA) is 75.4 Å². The maximum Gasteiger partial charge on any atom is 0.284 e. The van der Waals surface area contributed by atoms with Crippen LogP contribution in [0.25, 0.3) is 5.65 Å². The fourth-order valence-electron chi connectivity index (χ4n) is 5.03. The van der Waals surface area contributed by atoms with Gasteiger partial charge >= 0.3 is 0 Å². The molecule has 10 heteroatoms. The van der Waals surface area contributed by atoms with Crippen LogP contribution in [0.1, 0.15) is 52.8 Å². The maximum absolute atomic E-state index is 14.7. The van der Waals surface area contributed by atoms with Crippen molar-refractivity contribution in [2.24, 2.45) is 5.92 Å². The number of halogens is 2.